The van der Waals surface area contributed by atoms with Crippen LogP contribution < -0.4 is 4.74 Å². The van der Waals surface area contributed by atoms with E-state index in [-0.39, 0.29) is 0 Å². The van der Waals surface area contributed by atoms with E-state index in [0.29, 0.717) is 6.61 Å². The third-order valence-corrected chi connectivity index (χ3v) is 3.37. The molecule has 0 N–H and O–H groups in total. The summed E-state index contributed by atoms with van der Waals surface area (Å²) in [5.41, 5.74) is 0. The monoisotopic (exact) mass is 322 g/mol. The number of halogens is 1. The van der Waals surface area contributed by atoms with Gasteiger partial charge >= 0.3 is 0 Å². The van der Waals surface area contributed by atoms with Crippen LogP contribution in [0.4, 0.5) is 0 Å². The van der Waals surface area contributed by atoms with Gasteiger partial charge in [0.15, 0.2) is 0 Å². The number of nitrogens with zero attached hydrogens (tertiary/aromatic N) is 2. The van der Waals surface area contributed by atoms with Crippen molar-refractivity contribution in [2.75, 3.05) is 26.2 Å². The average molecular weight is 323 g/mol. The molecule has 0 aromatic carbocycles. The van der Waals surface area contributed by atoms with Crippen molar-refractivity contribution in [2.24, 2.45) is 0 Å². The van der Waals surface area contributed by atoms with Crippen molar-refractivity contribution < 1.29 is 4.74 Å². The average Bonchev–Trinajstić information content (AvgIpc) is 2.72. The molecule has 100 valence electrons. The second-order valence-corrected chi connectivity index (χ2v) is 5.89. The highest BCUT2D eigenvalue weighted by atomic mass is 79.9. The number of likely N-dealkylation sites (N-methyl/N-ethyl adjacent to an activating group) is 1. The second-order valence-electron chi connectivity index (χ2n) is 3.51. The Bertz CT molecular complexity index is 277. The van der Waals surface area contributed by atoms with Crippen LogP contribution >= 0.6 is 27.3 Å². The lowest BCUT2D eigenvalue weighted by Crippen LogP contribution is -2.27. The number of aromatic nitrogens is 1. The van der Waals surface area contributed by atoms with Gasteiger partial charge < -0.3 is 9.64 Å². The molecule has 0 aliphatic carbocycles. The van der Waals surface area contributed by atoms with E-state index in [9.17, 15) is 0 Å². The minimum atomic E-state index is 0.710. The summed E-state index contributed by atoms with van der Waals surface area (Å²) < 4.78 is 6.51. The lowest BCUT2D eigenvalue weighted by molar-refractivity contribution is 0.222. The first-order chi connectivity index (χ1) is 8.17. The van der Waals surface area contributed by atoms with E-state index in [1.54, 1.807) is 6.20 Å². The SMILES string of the molecule is CCC.CCN(CC)CCOc1ncc(Br)s1. The van der Waals surface area contributed by atoms with Gasteiger partial charge in [0.2, 0.25) is 0 Å². The minimum absolute atomic E-state index is 0.710. The highest BCUT2D eigenvalue weighted by molar-refractivity contribution is 9.11. The summed E-state index contributed by atoms with van der Waals surface area (Å²) in [4.78, 5) is 6.42. The van der Waals surface area contributed by atoms with Crippen molar-refractivity contribution in [2.45, 2.75) is 34.1 Å². The smallest absolute Gasteiger partial charge is 0.274 e. The van der Waals surface area contributed by atoms with Gasteiger partial charge in [0.1, 0.15) is 6.61 Å². The van der Waals surface area contributed by atoms with Crippen LogP contribution in [0.15, 0.2) is 9.98 Å². The van der Waals surface area contributed by atoms with Gasteiger partial charge in [-0.1, -0.05) is 45.5 Å². The maximum Gasteiger partial charge on any atom is 0.274 e. The first-order valence-electron chi connectivity index (χ1n) is 6.14. The molecule has 17 heavy (non-hydrogen) atoms. The molecule has 0 unspecified atom stereocenters. The molecule has 3 nitrogen and oxygen atoms in total. The Labute approximate surface area is 117 Å². The molecule has 0 fully saturated rings. The van der Waals surface area contributed by atoms with Gasteiger partial charge in [-0.15, -0.1) is 0 Å². The van der Waals surface area contributed by atoms with E-state index in [2.05, 4.69) is 53.5 Å². The Morgan fingerprint density at radius 2 is 1.88 bits per heavy atom. The minimum Gasteiger partial charge on any atom is -0.469 e. The maximum absolute atomic E-state index is 5.50. The molecule has 0 radical (unpaired) electrons. The van der Waals surface area contributed by atoms with Crippen molar-refractivity contribution in [1.29, 1.82) is 0 Å². The van der Waals surface area contributed by atoms with Crippen LogP contribution in [0, 0.1) is 0 Å². The second kappa shape index (κ2) is 11.0. The largest absolute Gasteiger partial charge is 0.469 e. The third kappa shape index (κ3) is 8.57. The molecule has 0 saturated heterocycles. The highest BCUT2D eigenvalue weighted by Gasteiger charge is 2.02. The summed E-state index contributed by atoms with van der Waals surface area (Å²) in [7, 11) is 0. The molecule has 0 spiro atoms. The quantitative estimate of drug-likeness (QED) is 0.790. The standard InChI is InChI=1S/C9H15BrN2OS.C3H8/c1-3-12(4-2)5-6-13-9-11-7-8(10)14-9;1-3-2/h7H,3-6H2,1-2H3;3H2,1-2H3. The van der Waals surface area contributed by atoms with Crippen LogP contribution in [0.3, 0.4) is 0 Å². The van der Waals surface area contributed by atoms with Crippen LogP contribution in [0.25, 0.3) is 0 Å². The number of hydrogen-bond acceptors (Lipinski definition) is 4. The summed E-state index contributed by atoms with van der Waals surface area (Å²) in [6, 6.07) is 0. The Balaban J connectivity index is 0.000000770. The molecule has 0 saturated carbocycles. The van der Waals surface area contributed by atoms with Crippen molar-refractivity contribution in [3.05, 3.63) is 9.98 Å². The lowest BCUT2D eigenvalue weighted by atomic mass is 10.5. The van der Waals surface area contributed by atoms with E-state index < -0.39 is 0 Å². The summed E-state index contributed by atoms with van der Waals surface area (Å²) in [5.74, 6) is 0. The molecule has 5 heteroatoms. The first kappa shape index (κ1) is 16.9. The maximum atomic E-state index is 5.50. The molecule has 0 aliphatic rings. The van der Waals surface area contributed by atoms with Gasteiger partial charge in [-0.25, -0.2) is 4.98 Å². The molecule has 1 aromatic heterocycles. The van der Waals surface area contributed by atoms with Crippen molar-refractivity contribution in [3.63, 3.8) is 0 Å². The fourth-order valence-corrected chi connectivity index (χ4v) is 2.15. The lowest BCUT2D eigenvalue weighted by Gasteiger charge is -2.17. The molecular formula is C12H23BrN2OS. The fraction of sp³-hybridized carbons (Fsp3) is 0.750. The Morgan fingerprint density at radius 3 is 2.29 bits per heavy atom. The Kier molecular flexibility index (Phi) is 10.9. The van der Waals surface area contributed by atoms with Crippen LogP contribution in [0.5, 0.6) is 5.19 Å². The van der Waals surface area contributed by atoms with Crippen LogP contribution in [-0.4, -0.2) is 36.1 Å². The van der Waals surface area contributed by atoms with Gasteiger partial charge in [-0.05, 0) is 29.0 Å². The van der Waals surface area contributed by atoms with Gasteiger partial charge in [0.05, 0.1) is 9.98 Å². The summed E-state index contributed by atoms with van der Waals surface area (Å²) in [6.45, 7) is 12.4. The summed E-state index contributed by atoms with van der Waals surface area (Å²) in [6.07, 6.45) is 3.01. The summed E-state index contributed by atoms with van der Waals surface area (Å²) >= 11 is 4.87. The topological polar surface area (TPSA) is 25.4 Å². The van der Waals surface area contributed by atoms with Crippen molar-refractivity contribution in [1.82, 2.24) is 9.88 Å². The molecule has 0 bridgehead atoms. The molecule has 1 aromatic rings. The van der Waals surface area contributed by atoms with E-state index in [1.165, 1.54) is 17.8 Å². The molecule has 0 atom stereocenters. The molecule has 1 heterocycles. The molecule has 0 aliphatic heterocycles. The zero-order chi connectivity index (χ0) is 13.1. The van der Waals surface area contributed by atoms with Gasteiger partial charge in [-0.2, -0.15) is 0 Å². The predicted molar refractivity (Wildman–Crippen MR) is 79.1 cm³/mol. The number of thiazole rings is 1. The zero-order valence-electron chi connectivity index (χ0n) is 11.2. The molecular weight excluding hydrogens is 300 g/mol. The van der Waals surface area contributed by atoms with Gasteiger partial charge in [0, 0.05) is 6.54 Å². The van der Waals surface area contributed by atoms with E-state index >= 15 is 0 Å². The highest BCUT2D eigenvalue weighted by Crippen LogP contribution is 2.24. The Hall–Kier alpha value is -0.130. The van der Waals surface area contributed by atoms with E-state index in [4.69, 9.17) is 4.74 Å². The number of rotatable bonds is 6. The van der Waals surface area contributed by atoms with Crippen molar-refractivity contribution in [3.8, 4) is 5.19 Å². The first-order valence-corrected chi connectivity index (χ1v) is 7.75. The number of hydrogen-bond donors (Lipinski definition) is 0. The Morgan fingerprint density at radius 1 is 1.29 bits per heavy atom. The number of ether oxygens (including phenoxy) is 1. The fourth-order valence-electron chi connectivity index (χ4n) is 1.11. The zero-order valence-corrected chi connectivity index (χ0v) is 13.6. The summed E-state index contributed by atoms with van der Waals surface area (Å²) in [5, 5.41) is 0.740. The molecule has 1 rings (SSSR count). The van der Waals surface area contributed by atoms with Gasteiger partial charge in [0.25, 0.3) is 5.19 Å². The van der Waals surface area contributed by atoms with E-state index in [1.807, 2.05) is 0 Å². The third-order valence-electron chi connectivity index (χ3n) is 1.98. The van der Waals surface area contributed by atoms with Gasteiger partial charge in [-0.3, -0.25) is 0 Å². The normalized spacial score (nSPS) is 10.0. The van der Waals surface area contributed by atoms with Crippen LogP contribution in [0.1, 0.15) is 34.1 Å². The van der Waals surface area contributed by atoms with Crippen molar-refractivity contribution >= 4 is 27.3 Å². The van der Waals surface area contributed by atoms with Crippen LogP contribution in [0.2, 0.25) is 0 Å². The molecule has 0 amide bonds. The van der Waals surface area contributed by atoms with Crippen LogP contribution in [-0.2, 0) is 0 Å². The predicted octanol–water partition coefficient (Wildman–Crippen LogP) is 4.04. The van der Waals surface area contributed by atoms with E-state index in [0.717, 1.165) is 28.6 Å².